The molecular weight excluding hydrogens is 364 g/mol. The van der Waals surface area contributed by atoms with Crippen LogP contribution in [0, 0.1) is 6.92 Å². The van der Waals surface area contributed by atoms with Gasteiger partial charge in [-0.2, -0.15) is 4.98 Å². The number of piperazine rings is 1. The molecule has 0 saturated carbocycles. The normalized spacial score (nSPS) is 15.8. The molecule has 0 aliphatic carbocycles. The van der Waals surface area contributed by atoms with E-state index < -0.39 is 0 Å². The highest BCUT2D eigenvalue weighted by Crippen LogP contribution is 2.36. The van der Waals surface area contributed by atoms with Crippen molar-refractivity contribution < 1.29 is 14.3 Å². The zero-order chi connectivity index (χ0) is 18.0. The summed E-state index contributed by atoms with van der Waals surface area (Å²) in [5.41, 5.74) is 0.841. The van der Waals surface area contributed by atoms with Crippen molar-refractivity contribution in [3.05, 3.63) is 15.7 Å². The summed E-state index contributed by atoms with van der Waals surface area (Å²) < 4.78 is 10.2. The van der Waals surface area contributed by atoms with E-state index in [4.69, 9.17) is 21.1 Å². The molecule has 136 valence electrons. The maximum atomic E-state index is 12.4. The van der Waals surface area contributed by atoms with E-state index in [1.54, 1.807) is 7.11 Å². The average Bonchev–Trinajstić information content (AvgIpc) is 2.91. The van der Waals surface area contributed by atoms with E-state index in [9.17, 15) is 4.79 Å². The molecule has 0 bridgehead atoms. The van der Waals surface area contributed by atoms with Crippen molar-refractivity contribution in [2.75, 3.05) is 58.5 Å². The van der Waals surface area contributed by atoms with Gasteiger partial charge in [0.1, 0.15) is 22.1 Å². The zero-order valence-electron chi connectivity index (χ0n) is 14.5. The Hall–Kier alpha value is -1.48. The van der Waals surface area contributed by atoms with Crippen LogP contribution < -0.4 is 4.90 Å². The van der Waals surface area contributed by atoms with Gasteiger partial charge in [-0.05, 0) is 31.1 Å². The van der Waals surface area contributed by atoms with Crippen LogP contribution in [0.2, 0.25) is 5.28 Å². The fraction of sp³-hybridized carbons (Fsp3) is 0.562. The van der Waals surface area contributed by atoms with Gasteiger partial charge in [0.05, 0.1) is 12.0 Å². The lowest BCUT2D eigenvalue weighted by Crippen LogP contribution is -2.45. The van der Waals surface area contributed by atoms with E-state index in [-0.39, 0.29) is 17.9 Å². The number of rotatable bonds is 5. The van der Waals surface area contributed by atoms with Gasteiger partial charge in [-0.15, -0.1) is 11.3 Å². The van der Waals surface area contributed by atoms with Crippen LogP contribution in [0.15, 0.2) is 0 Å². The molecular formula is C16H21ClN4O3S. The first-order valence-electron chi connectivity index (χ1n) is 8.07. The minimum absolute atomic E-state index is 0.196. The molecule has 0 atom stereocenters. The van der Waals surface area contributed by atoms with Gasteiger partial charge < -0.3 is 19.3 Å². The number of esters is 1. The SMILES string of the molecule is COCCOC(=O)c1sc2nc(Cl)nc(N3CCN(C)CC3)c2c1C. The number of aryl methyl sites for hydroxylation is 1. The Kier molecular flexibility index (Phi) is 5.73. The number of ether oxygens (including phenoxy) is 2. The van der Waals surface area contributed by atoms with Crippen LogP contribution in [-0.4, -0.2) is 74.4 Å². The number of hydrogen-bond donors (Lipinski definition) is 0. The topological polar surface area (TPSA) is 67.8 Å². The Morgan fingerprint density at radius 1 is 1.24 bits per heavy atom. The summed E-state index contributed by atoms with van der Waals surface area (Å²) >= 11 is 7.42. The molecule has 0 spiro atoms. The lowest BCUT2D eigenvalue weighted by atomic mass is 10.2. The third kappa shape index (κ3) is 3.87. The molecule has 3 rings (SSSR count). The predicted octanol–water partition coefficient (Wildman–Crippen LogP) is 2.21. The monoisotopic (exact) mass is 384 g/mol. The summed E-state index contributed by atoms with van der Waals surface area (Å²) in [6, 6.07) is 0. The Morgan fingerprint density at radius 2 is 1.96 bits per heavy atom. The van der Waals surface area contributed by atoms with Crippen LogP contribution in [0.1, 0.15) is 15.2 Å². The first kappa shape index (κ1) is 18.3. The van der Waals surface area contributed by atoms with Crippen LogP contribution in [0.3, 0.4) is 0 Å². The molecule has 1 aliphatic heterocycles. The molecule has 0 amide bonds. The molecule has 0 radical (unpaired) electrons. The minimum Gasteiger partial charge on any atom is -0.459 e. The van der Waals surface area contributed by atoms with Crippen molar-refractivity contribution in [1.82, 2.24) is 14.9 Å². The highest BCUT2D eigenvalue weighted by molar-refractivity contribution is 7.20. The second kappa shape index (κ2) is 7.82. The molecule has 25 heavy (non-hydrogen) atoms. The smallest absolute Gasteiger partial charge is 0.348 e. The third-order valence-corrected chi connectivity index (χ3v) is 5.59. The Balaban J connectivity index is 1.96. The van der Waals surface area contributed by atoms with Crippen LogP contribution in [0.5, 0.6) is 0 Å². The maximum absolute atomic E-state index is 12.4. The lowest BCUT2D eigenvalue weighted by Gasteiger charge is -2.33. The van der Waals surface area contributed by atoms with Crippen molar-refractivity contribution in [3.8, 4) is 0 Å². The van der Waals surface area contributed by atoms with Crippen LogP contribution in [0.25, 0.3) is 10.2 Å². The highest BCUT2D eigenvalue weighted by atomic mass is 35.5. The van der Waals surface area contributed by atoms with E-state index >= 15 is 0 Å². The van der Waals surface area contributed by atoms with Gasteiger partial charge in [0.25, 0.3) is 0 Å². The first-order valence-corrected chi connectivity index (χ1v) is 9.27. The maximum Gasteiger partial charge on any atom is 0.348 e. The van der Waals surface area contributed by atoms with Gasteiger partial charge in [-0.3, -0.25) is 0 Å². The quantitative estimate of drug-likeness (QED) is 0.444. The first-order chi connectivity index (χ1) is 12.0. The molecule has 9 heteroatoms. The predicted molar refractivity (Wildman–Crippen MR) is 99.0 cm³/mol. The highest BCUT2D eigenvalue weighted by Gasteiger charge is 2.25. The number of fused-ring (bicyclic) bond motifs is 1. The number of carbonyl (C=O) groups is 1. The Bertz CT molecular complexity index is 774. The molecule has 2 aromatic rings. The summed E-state index contributed by atoms with van der Waals surface area (Å²) in [4.78, 5) is 26.9. The van der Waals surface area contributed by atoms with Gasteiger partial charge in [-0.25, -0.2) is 9.78 Å². The molecule has 1 saturated heterocycles. The summed E-state index contributed by atoms with van der Waals surface area (Å²) in [7, 11) is 3.67. The minimum atomic E-state index is -0.363. The number of nitrogens with zero attached hydrogens (tertiary/aromatic N) is 4. The van der Waals surface area contributed by atoms with E-state index in [1.165, 1.54) is 11.3 Å². The Labute approximate surface area is 155 Å². The van der Waals surface area contributed by atoms with Crippen LogP contribution in [-0.2, 0) is 9.47 Å². The van der Waals surface area contributed by atoms with Crippen molar-refractivity contribution in [2.24, 2.45) is 0 Å². The van der Waals surface area contributed by atoms with Crippen LogP contribution >= 0.6 is 22.9 Å². The van der Waals surface area contributed by atoms with Crippen molar-refractivity contribution >= 4 is 44.9 Å². The largest absolute Gasteiger partial charge is 0.459 e. The third-order valence-electron chi connectivity index (χ3n) is 4.25. The van der Waals surface area contributed by atoms with Crippen molar-refractivity contribution in [1.29, 1.82) is 0 Å². The molecule has 1 aliphatic rings. The number of carbonyl (C=O) groups excluding carboxylic acids is 1. The fourth-order valence-corrected chi connectivity index (χ4v) is 4.10. The number of thiophene rings is 1. The van der Waals surface area contributed by atoms with Crippen molar-refractivity contribution in [2.45, 2.75) is 6.92 Å². The van der Waals surface area contributed by atoms with Gasteiger partial charge in [-0.1, -0.05) is 0 Å². The summed E-state index contributed by atoms with van der Waals surface area (Å²) in [6.07, 6.45) is 0. The second-order valence-corrected chi connectivity index (χ2v) is 7.31. The molecule has 0 aromatic carbocycles. The number of halogens is 1. The van der Waals surface area contributed by atoms with E-state index in [1.807, 2.05) is 6.92 Å². The summed E-state index contributed by atoms with van der Waals surface area (Å²) in [5.74, 6) is 0.436. The second-order valence-electron chi connectivity index (χ2n) is 5.97. The molecule has 3 heterocycles. The van der Waals surface area contributed by atoms with Crippen molar-refractivity contribution in [3.63, 3.8) is 0 Å². The number of likely N-dealkylation sites (N-methyl/N-ethyl adjacent to an activating group) is 1. The number of anilines is 1. The Morgan fingerprint density at radius 3 is 2.64 bits per heavy atom. The van der Waals surface area contributed by atoms with Gasteiger partial charge >= 0.3 is 5.97 Å². The van der Waals surface area contributed by atoms with E-state index in [2.05, 4.69) is 26.8 Å². The molecule has 0 unspecified atom stereocenters. The summed E-state index contributed by atoms with van der Waals surface area (Å²) in [5, 5.41) is 1.08. The fourth-order valence-electron chi connectivity index (χ4n) is 2.82. The molecule has 7 nitrogen and oxygen atoms in total. The van der Waals surface area contributed by atoms with E-state index in [0.717, 1.165) is 42.9 Å². The standard InChI is InChI=1S/C16H21ClN4O3S/c1-10-11-13(21-6-4-20(2)5-7-21)18-16(17)19-14(11)25-12(10)15(22)24-9-8-23-3/h4-9H2,1-3H3. The molecule has 1 fully saturated rings. The van der Waals surface area contributed by atoms with Gasteiger partial charge in [0.15, 0.2) is 0 Å². The number of hydrogen-bond acceptors (Lipinski definition) is 8. The van der Waals surface area contributed by atoms with Crippen LogP contribution in [0.4, 0.5) is 5.82 Å². The zero-order valence-corrected chi connectivity index (χ0v) is 16.1. The van der Waals surface area contributed by atoms with E-state index in [0.29, 0.717) is 16.3 Å². The van der Waals surface area contributed by atoms with Gasteiger partial charge in [0, 0.05) is 33.3 Å². The average molecular weight is 385 g/mol. The molecule has 2 aromatic heterocycles. The lowest BCUT2D eigenvalue weighted by molar-refractivity contribution is 0.0393. The number of methoxy groups -OCH3 is 1. The summed E-state index contributed by atoms with van der Waals surface area (Å²) in [6.45, 7) is 6.14. The van der Waals surface area contributed by atoms with Gasteiger partial charge in [0.2, 0.25) is 5.28 Å². The number of aromatic nitrogens is 2. The molecule has 0 N–H and O–H groups in total.